The SMILES string of the molecule is COc1cc(C)c(C)cc1S(=O)(=O)Nc1nc(C(=O)O)cs1. The molecule has 0 saturated heterocycles. The van der Waals surface area contributed by atoms with E-state index < -0.39 is 16.0 Å². The van der Waals surface area contributed by atoms with Crippen molar-refractivity contribution in [3.8, 4) is 5.75 Å². The smallest absolute Gasteiger partial charge is 0.355 e. The molecule has 0 radical (unpaired) electrons. The van der Waals surface area contributed by atoms with Gasteiger partial charge >= 0.3 is 5.97 Å². The number of aromatic nitrogens is 1. The van der Waals surface area contributed by atoms with E-state index in [0.717, 1.165) is 22.5 Å². The van der Waals surface area contributed by atoms with Crippen molar-refractivity contribution in [3.05, 3.63) is 34.3 Å². The van der Waals surface area contributed by atoms with Gasteiger partial charge in [-0.3, -0.25) is 4.72 Å². The number of hydrogen-bond acceptors (Lipinski definition) is 6. The molecule has 0 aliphatic carbocycles. The highest BCUT2D eigenvalue weighted by molar-refractivity contribution is 7.93. The fourth-order valence-electron chi connectivity index (χ4n) is 1.72. The maximum Gasteiger partial charge on any atom is 0.355 e. The summed E-state index contributed by atoms with van der Waals surface area (Å²) in [6.07, 6.45) is 0. The van der Waals surface area contributed by atoms with Crippen molar-refractivity contribution in [3.63, 3.8) is 0 Å². The zero-order valence-corrected chi connectivity index (χ0v) is 13.7. The molecule has 0 saturated carbocycles. The summed E-state index contributed by atoms with van der Waals surface area (Å²) in [5.41, 5.74) is 1.49. The zero-order valence-electron chi connectivity index (χ0n) is 12.1. The summed E-state index contributed by atoms with van der Waals surface area (Å²) in [6, 6.07) is 3.14. The number of anilines is 1. The summed E-state index contributed by atoms with van der Waals surface area (Å²) in [5, 5.41) is 10.1. The van der Waals surface area contributed by atoms with E-state index in [4.69, 9.17) is 9.84 Å². The summed E-state index contributed by atoms with van der Waals surface area (Å²) in [6.45, 7) is 3.64. The largest absolute Gasteiger partial charge is 0.495 e. The molecule has 1 heterocycles. The molecule has 0 amide bonds. The van der Waals surface area contributed by atoms with Gasteiger partial charge in [0.1, 0.15) is 10.6 Å². The Kier molecular flexibility index (Phi) is 4.38. The molecular formula is C13H14N2O5S2. The van der Waals surface area contributed by atoms with Gasteiger partial charge in [-0.1, -0.05) is 0 Å². The molecule has 0 aliphatic heterocycles. The highest BCUT2D eigenvalue weighted by Crippen LogP contribution is 2.29. The number of methoxy groups -OCH3 is 1. The minimum atomic E-state index is -3.93. The second kappa shape index (κ2) is 5.93. The number of carboxylic acids is 1. The average molecular weight is 342 g/mol. The highest BCUT2D eigenvalue weighted by Gasteiger charge is 2.22. The van der Waals surface area contributed by atoms with Gasteiger partial charge in [-0.2, -0.15) is 0 Å². The van der Waals surface area contributed by atoms with Crippen molar-refractivity contribution in [2.75, 3.05) is 11.8 Å². The Balaban J connectivity index is 2.41. The van der Waals surface area contributed by atoms with Crippen molar-refractivity contribution in [2.24, 2.45) is 0 Å². The molecule has 1 aromatic heterocycles. The molecule has 0 spiro atoms. The number of thiazole rings is 1. The maximum absolute atomic E-state index is 12.5. The van der Waals surface area contributed by atoms with Gasteiger partial charge in [0.15, 0.2) is 10.8 Å². The lowest BCUT2D eigenvalue weighted by Crippen LogP contribution is -2.14. The number of benzene rings is 1. The molecule has 9 heteroatoms. The van der Waals surface area contributed by atoms with Crippen LogP contribution in [0.3, 0.4) is 0 Å². The Morgan fingerprint density at radius 1 is 1.32 bits per heavy atom. The first-order valence-corrected chi connectivity index (χ1v) is 8.47. The summed E-state index contributed by atoms with van der Waals surface area (Å²) < 4.78 is 32.3. The molecule has 0 fully saturated rings. The molecule has 22 heavy (non-hydrogen) atoms. The average Bonchev–Trinajstić information content (AvgIpc) is 2.89. The number of ether oxygens (including phenoxy) is 1. The van der Waals surface area contributed by atoms with E-state index in [1.165, 1.54) is 18.6 Å². The quantitative estimate of drug-likeness (QED) is 0.863. The molecule has 0 atom stereocenters. The van der Waals surface area contributed by atoms with Crippen LogP contribution in [0.5, 0.6) is 5.75 Å². The molecular weight excluding hydrogens is 328 g/mol. The highest BCUT2D eigenvalue weighted by atomic mass is 32.2. The van der Waals surface area contributed by atoms with Gasteiger partial charge in [-0.05, 0) is 37.1 Å². The van der Waals surface area contributed by atoms with Crippen LogP contribution in [0.1, 0.15) is 21.6 Å². The van der Waals surface area contributed by atoms with Gasteiger partial charge in [0, 0.05) is 5.38 Å². The predicted octanol–water partition coefficient (Wildman–Crippen LogP) is 2.27. The lowest BCUT2D eigenvalue weighted by atomic mass is 10.1. The van der Waals surface area contributed by atoms with E-state index in [-0.39, 0.29) is 21.5 Å². The maximum atomic E-state index is 12.5. The van der Waals surface area contributed by atoms with E-state index in [1.807, 2.05) is 6.92 Å². The van der Waals surface area contributed by atoms with E-state index >= 15 is 0 Å². The second-order valence-electron chi connectivity index (χ2n) is 4.54. The van der Waals surface area contributed by atoms with Crippen LogP contribution in [0.2, 0.25) is 0 Å². The van der Waals surface area contributed by atoms with E-state index in [0.29, 0.717) is 0 Å². The van der Waals surface area contributed by atoms with Crippen molar-refractivity contribution in [1.82, 2.24) is 4.98 Å². The summed E-state index contributed by atoms with van der Waals surface area (Å²) in [5.74, 6) is -1.00. The molecule has 7 nitrogen and oxygen atoms in total. The number of rotatable bonds is 5. The van der Waals surface area contributed by atoms with Crippen molar-refractivity contribution >= 4 is 32.5 Å². The first kappa shape index (κ1) is 16.2. The van der Waals surface area contributed by atoms with Crippen molar-refractivity contribution in [1.29, 1.82) is 0 Å². The first-order chi connectivity index (χ1) is 10.2. The lowest BCUT2D eigenvalue weighted by Gasteiger charge is -2.12. The van der Waals surface area contributed by atoms with Crippen LogP contribution in [-0.4, -0.2) is 31.6 Å². The van der Waals surface area contributed by atoms with Crippen LogP contribution in [0.4, 0.5) is 5.13 Å². The molecule has 2 aromatic rings. The van der Waals surface area contributed by atoms with Crippen molar-refractivity contribution < 1.29 is 23.1 Å². The minimum Gasteiger partial charge on any atom is -0.495 e. The summed E-state index contributed by atoms with van der Waals surface area (Å²) in [4.78, 5) is 14.5. The molecule has 0 unspecified atom stereocenters. The fraction of sp³-hybridized carbons (Fsp3) is 0.231. The molecule has 1 aromatic carbocycles. The molecule has 118 valence electrons. The third kappa shape index (κ3) is 3.20. The summed E-state index contributed by atoms with van der Waals surface area (Å²) in [7, 11) is -2.54. The van der Waals surface area contributed by atoms with E-state index in [9.17, 15) is 13.2 Å². The van der Waals surface area contributed by atoms with Crippen molar-refractivity contribution in [2.45, 2.75) is 18.7 Å². The Morgan fingerprint density at radius 2 is 1.95 bits per heavy atom. The molecule has 0 aliphatic rings. The number of hydrogen-bond donors (Lipinski definition) is 2. The number of nitrogens with one attached hydrogen (secondary N) is 1. The van der Waals surface area contributed by atoms with Gasteiger partial charge in [-0.25, -0.2) is 18.2 Å². The van der Waals surface area contributed by atoms with Crippen LogP contribution >= 0.6 is 11.3 Å². The number of aryl methyl sites for hydroxylation is 2. The van der Waals surface area contributed by atoms with Crippen LogP contribution in [0.25, 0.3) is 0 Å². The fourth-order valence-corrected chi connectivity index (χ4v) is 3.90. The van der Waals surface area contributed by atoms with Crippen LogP contribution in [0.15, 0.2) is 22.4 Å². The Hall–Kier alpha value is -2.13. The molecule has 2 N–H and O–H groups in total. The molecule has 0 bridgehead atoms. The molecule has 2 rings (SSSR count). The van der Waals surface area contributed by atoms with Crippen LogP contribution in [-0.2, 0) is 10.0 Å². The Morgan fingerprint density at radius 3 is 2.50 bits per heavy atom. The van der Waals surface area contributed by atoms with Gasteiger partial charge in [0.25, 0.3) is 10.0 Å². The number of nitrogens with zero attached hydrogens (tertiary/aromatic N) is 1. The normalized spacial score (nSPS) is 11.2. The number of carboxylic acid groups (broad SMARTS) is 1. The first-order valence-electron chi connectivity index (χ1n) is 6.11. The topological polar surface area (TPSA) is 106 Å². The van der Waals surface area contributed by atoms with Gasteiger partial charge in [-0.15, -0.1) is 11.3 Å². The third-order valence-corrected chi connectivity index (χ3v) is 5.26. The van der Waals surface area contributed by atoms with E-state index in [2.05, 4.69) is 9.71 Å². The standard InChI is InChI=1S/C13H14N2O5S2/c1-7-4-10(20-3)11(5-8(7)2)22(18,19)15-13-14-9(6-21-13)12(16)17/h4-6H,1-3H3,(H,14,15)(H,16,17). The summed E-state index contributed by atoms with van der Waals surface area (Å²) >= 11 is 0.897. The predicted molar refractivity (Wildman–Crippen MR) is 82.3 cm³/mol. The zero-order chi connectivity index (χ0) is 16.5. The van der Waals surface area contributed by atoms with Gasteiger partial charge in [0.05, 0.1) is 7.11 Å². The lowest BCUT2D eigenvalue weighted by molar-refractivity contribution is 0.0691. The van der Waals surface area contributed by atoms with Crippen LogP contribution < -0.4 is 9.46 Å². The second-order valence-corrected chi connectivity index (χ2v) is 7.04. The van der Waals surface area contributed by atoms with E-state index in [1.54, 1.807) is 13.0 Å². The third-order valence-electron chi connectivity index (χ3n) is 3.01. The number of aromatic carboxylic acids is 1. The van der Waals surface area contributed by atoms with Gasteiger partial charge < -0.3 is 9.84 Å². The monoisotopic (exact) mass is 342 g/mol. The number of carbonyl (C=O) groups is 1. The Labute approximate surface area is 131 Å². The minimum absolute atomic E-state index is 0.0160. The van der Waals surface area contributed by atoms with Gasteiger partial charge in [0.2, 0.25) is 0 Å². The number of sulfonamides is 1. The Bertz CT molecular complexity index is 827. The van der Waals surface area contributed by atoms with Crippen LogP contribution in [0, 0.1) is 13.8 Å².